The number of hydrogen-bond donors (Lipinski definition) is 9. The Bertz CT molecular complexity index is 2480. The van der Waals surface area contributed by atoms with Crippen molar-refractivity contribution in [2.75, 3.05) is 33.5 Å². The van der Waals surface area contributed by atoms with Gasteiger partial charge in [-0.05, 0) is 101 Å². The monoisotopic (exact) mass is 1210 g/mol. The van der Waals surface area contributed by atoms with Gasteiger partial charge in [0.05, 0.1) is 49.5 Å². The number of methoxy groups -OCH3 is 1. The molecule has 0 bridgehead atoms. The van der Waals surface area contributed by atoms with Crippen molar-refractivity contribution in [1.82, 2.24) is 0 Å². The molecule has 0 aromatic rings. The van der Waals surface area contributed by atoms with Crippen LogP contribution < -0.4 is 29.6 Å². The Morgan fingerprint density at radius 2 is 1.45 bits per heavy atom. The van der Waals surface area contributed by atoms with Crippen molar-refractivity contribution in [3.8, 4) is 0 Å². The van der Waals surface area contributed by atoms with Crippen LogP contribution in [0.3, 0.4) is 0 Å². The van der Waals surface area contributed by atoms with Crippen molar-refractivity contribution in [3.05, 3.63) is 23.3 Å². The minimum Gasteiger partial charge on any atom is -0.726 e. The van der Waals surface area contributed by atoms with Crippen LogP contribution in [-0.2, 0) is 71.5 Å². The first-order valence-electron chi connectivity index (χ1n) is 28.8. The van der Waals surface area contributed by atoms with E-state index in [1.165, 1.54) is 19.6 Å². The second-order valence-corrected chi connectivity index (χ2v) is 27.1. The van der Waals surface area contributed by atoms with Gasteiger partial charge in [-0.15, -0.1) is 0 Å². The number of hydrogen-bond acceptors (Lipinski definition) is 25. The number of aliphatic hydroxyl groups excluding tert-OH is 9. The minimum atomic E-state index is -5.44. The fraction of sp³-hybridized carbons (Fsp3) is 0.893. The smallest absolute Gasteiger partial charge is 0.726 e. The third-order valence-electron chi connectivity index (χ3n) is 20.7. The summed E-state index contributed by atoms with van der Waals surface area (Å²) in [6.45, 7) is 13.4. The van der Waals surface area contributed by atoms with E-state index < -0.39 is 187 Å². The molecule has 468 valence electrons. The third kappa shape index (κ3) is 12.1. The van der Waals surface area contributed by atoms with Gasteiger partial charge in [0.1, 0.15) is 85.0 Å². The second kappa shape index (κ2) is 25.5. The molecule has 12 unspecified atom stereocenters. The standard InChI is InChI=1S/C56H88O25S.Na/c1-25(2)11-10-16-55(8)47-32(74-26(3)59)20-54(7)29-12-13-35-52(4,5)36(15-17-53(35,6)28(29)14-18-56(47,54)51(67)80-55)77-50-46(39(63)34(24-73-50)81-82(68,69)70)79-49-41(65)40(64)44(33(22-58)76-49)78-48-42(66)43(30(60)23-72-48)75-31-19-27(21-57)37(61)45(71-9)38(31)62;/h11-12,27-28,30-50,57-58,60-66H,10,13-24H2,1-9H3,(H,68,69,70);/q;+1/p-1/t27?,28-,30-,31-,32?,33?,34-,35+,36+,37-,38?,39?,40?,41?,42?,43?,44-,45?,46?,47-,48+,49+,50+,53-,54+,55+,56?;/m1./s1. The van der Waals surface area contributed by atoms with E-state index in [-0.39, 0.29) is 65.1 Å². The van der Waals surface area contributed by atoms with E-state index in [1.54, 1.807) is 0 Å². The summed E-state index contributed by atoms with van der Waals surface area (Å²) in [7, 11) is -4.19. The molecule has 25 nitrogen and oxygen atoms in total. The fourth-order valence-corrected chi connectivity index (χ4v) is 17.2. The molecule has 0 aromatic carbocycles. The van der Waals surface area contributed by atoms with Gasteiger partial charge in [0, 0.05) is 32.0 Å². The normalized spacial score (nSPS) is 48.5. The Hall–Kier alpha value is -1.39. The van der Waals surface area contributed by atoms with Gasteiger partial charge in [-0.3, -0.25) is 13.8 Å². The number of aliphatic hydroxyl groups is 9. The van der Waals surface area contributed by atoms with Crippen LogP contribution in [0, 0.1) is 45.3 Å². The van der Waals surface area contributed by atoms with Gasteiger partial charge in [-0.1, -0.05) is 51.0 Å². The quantitative estimate of drug-likeness (QED) is 0.0229. The van der Waals surface area contributed by atoms with Crippen molar-refractivity contribution in [2.45, 2.75) is 235 Å². The first kappa shape index (κ1) is 67.5. The average Bonchev–Trinajstić information content (AvgIpc) is 1.58. The number of esters is 2. The molecule has 1 spiro atoms. The number of rotatable bonds is 17. The summed E-state index contributed by atoms with van der Waals surface area (Å²) in [5.41, 5.74) is -1.15. The maximum Gasteiger partial charge on any atom is 1.00 e. The topological polar surface area (TPSA) is 375 Å². The van der Waals surface area contributed by atoms with Crippen LogP contribution in [0.25, 0.3) is 0 Å². The zero-order valence-corrected chi connectivity index (χ0v) is 51.9. The first-order chi connectivity index (χ1) is 38.4. The third-order valence-corrected chi connectivity index (χ3v) is 21.2. The number of fused-ring (bicyclic) bond motifs is 4. The van der Waals surface area contributed by atoms with Crippen molar-refractivity contribution in [2.24, 2.45) is 45.3 Å². The zero-order chi connectivity index (χ0) is 60.0. The van der Waals surface area contributed by atoms with Crippen LogP contribution in [0.15, 0.2) is 23.3 Å². The van der Waals surface area contributed by atoms with Crippen molar-refractivity contribution >= 4 is 22.3 Å². The van der Waals surface area contributed by atoms with Crippen LogP contribution in [0.5, 0.6) is 0 Å². The van der Waals surface area contributed by atoms with Gasteiger partial charge >= 0.3 is 41.5 Å². The Morgan fingerprint density at radius 1 is 0.771 bits per heavy atom. The van der Waals surface area contributed by atoms with Crippen LogP contribution in [0.1, 0.15) is 113 Å². The molecule has 83 heavy (non-hydrogen) atoms. The Kier molecular flexibility index (Phi) is 20.7. The van der Waals surface area contributed by atoms with E-state index in [0.29, 0.717) is 51.4 Å². The molecule has 9 N–H and O–H groups in total. The molecule has 4 aliphatic heterocycles. The summed E-state index contributed by atoms with van der Waals surface area (Å²) >= 11 is 0. The molecular weight excluding hydrogens is 1130 g/mol. The van der Waals surface area contributed by atoms with Gasteiger partial charge < -0.3 is 97.9 Å². The molecule has 0 amide bonds. The average molecular weight is 1220 g/mol. The summed E-state index contributed by atoms with van der Waals surface area (Å²) in [6.07, 6.45) is -20.4. The Morgan fingerprint density at radius 3 is 2.08 bits per heavy atom. The number of ether oxygens (including phenoxy) is 10. The van der Waals surface area contributed by atoms with Crippen molar-refractivity contribution < 1.29 is 150 Å². The van der Waals surface area contributed by atoms with E-state index in [4.69, 9.17) is 47.4 Å². The van der Waals surface area contributed by atoms with E-state index in [2.05, 4.69) is 44.0 Å². The van der Waals surface area contributed by atoms with E-state index in [0.717, 1.165) is 5.57 Å². The molecular formula is C56H87NaO25S. The number of carbonyl (C=O) groups excluding carboxylic acids is 2. The fourth-order valence-electron chi connectivity index (χ4n) is 16.8. The first-order valence-corrected chi connectivity index (χ1v) is 30.1. The second-order valence-electron chi connectivity index (χ2n) is 26.1. The summed E-state index contributed by atoms with van der Waals surface area (Å²) in [5, 5.41) is 99.5. The number of cyclic esters (lactones) is 1. The molecule has 8 fully saturated rings. The Labute approximate surface area is 506 Å². The molecule has 9 rings (SSSR count). The molecule has 4 saturated heterocycles. The molecule has 9 aliphatic rings. The van der Waals surface area contributed by atoms with E-state index in [1.807, 2.05) is 20.8 Å². The molecule has 5 aliphatic carbocycles. The van der Waals surface area contributed by atoms with E-state index >= 15 is 0 Å². The number of carbonyl (C=O) groups is 2. The summed E-state index contributed by atoms with van der Waals surface area (Å²) in [6, 6.07) is 0. The molecule has 27 heteroatoms. The number of allylic oxidation sites excluding steroid dienone is 4. The maximum absolute atomic E-state index is 14.7. The van der Waals surface area contributed by atoms with E-state index in [9.17, 15) is 68.5 Å². The minimum absolute atomic E-state index is 0. The molecule has 27 atom stereocenters. The summed E-state index contributed by atoms with van der Waals surface area (Å²) in [5.74, 6) is -1.84. The van der Waals surface area contributed by atoms with Gasteiger partial charge in [0.25, 0.3) is 0 Å². The van der Waals surface area contributed by atoms with Crippen LogP contribution >= 0.6 is 0 Å². The van der Waals surface area contributed by atoms with Gasteiger partial charge in [0.15, 0.2) is 18.9 Å². The van der Waals surface area contributed by atoms with Gasteiger partial charge in [-0.25, -0.2) is 8.42 Å². The van der Waals surface area contributed by atoms with Crippen molar-refractivity contribution in [3.63, 3.8) is 0 Å². The SMILES string of the molecule is COC1C(O)[C@H](OC2C(O)[C@H](O[C@@H]3C(CO)O[C@@H](OC4C(O)[C@H](OS(=O)(=O)[O-])CO[C@H]4O[C@H]4CC[C@]5(C)[C@@H]6CCC78C(=O)O[C@@](C)(CCC=C(C)C)[C@H]7C(OC(C)=O)C[C@@]8(C)C6=CC[C@H]5C4(C)C)C(O)C3O)OC[C@H]2O)CC(CO)[C@H]1O.[Na+]. The maximum atomic E-state index is 14.7. The van der Waals surface area contributed by atoms with Gasteiger partial charge in [-0.2, -0.15) is 0 Å². The predicted molar refractivity (Wildman–Crippen MR) is 279 cm³/mol. The van der Waals surface area contributed by atoms with Crippen LogP contribution in [0.4, 0.5) is 0 Å². The van der Waals surface area contributed by atoms with Crippen LogP contribution in [-0.4, -0.2) is 227 Å². The molecule has 0 aromatic heterocycles. The summed E-state index contributed by atoms with van der Waals surface area (Å²) in [4.78, 5) is 27.4. The van der Waals surface area contributed by atoms with Gasteiger partial charge in [0.2, 0.25) is 10.4 Å². The largest absolute Gasteiger partial charge is 1.00 e. The Balaban J connectivity index is 0.00000900. The predicted octanol–water partition coefficient (Wildman–Crippen LogP) is -3.08. The van der Waals surface area contributed by atoms with Crippen molar-refractivity contribution in [1.29, 1.82) is 0 Å². The van der Waals surface area contributed by atoms with Crippen LogP contribution in [0.2, 0.25) is 0 Å². The summed E-state index contributed by atoms with van der Waals surface area (Å²) < 4.78 is 101. The molecule has 0 radical (unpaired) electrons. The zero-order valence-electron chi connectivity index (χ0n) is 49.1. The molecule has 4 saturated carbocycles. The molecule has 4 heterocycles.